The minimum Gasteiger partial charge on any atom is -0.392 e. The Labute approximate surface area is 74.7 Å². The van der Waals surface area contributed by atoms with E-state index in [1.807, 2.05) is 6.07 Å². The van der Waals surface area contributed by atoms with Crippen LogP contribution in [0.2, 0.25) is 0 Å². The largest absolute Gasteiger partial charge is 0.392 e. The van der Waals surface area contributed by atoms with E-state index in [-0.39, 0.29) is 6.61 Å². The Morgan fingerprint density at radius 3 is 3.00 bits per heavy atom. The van der Waals surface area contributed by atoms with Crippen molar-refractivity contribution in [3.05, 3.63) is 36.4 Å². The van der Waals surface area contributed by atoms with Crippen LogP contribution in [-0.2, 0) is 6.61 Å². The van der Waals surface area contributed by atoms with E-state index >= 15 is 0 Å². The molecule has 0 radical (unpaired) electrons. The van der Waals surface area contributed by atoms with E-state index in [2.05, 4.69) is 15.3 Å². The van der Waals surface area contributed by atoms with E-state index < -0.39 is 0 Å². The molecule has 0 aliphatic rings. The average molecular weight is 176 g/mol. The molecule has 2 heterocycles. The molecule has 2 aromatic rings. The topological polar surface area (TPSA) is 63.8 Å². The first kappa shape index (κ1) is 7.88. The number of nitrogens with zero attached hydrogens (tertiary/aromatic N) is 4. The van der Waals surface area contributed by atoms with Gasteiger partial charge in [0.05, 0.1) is 30.9 Å². The molecule has 13 heavy (non-hydrogen) atoms. The van der Waals surface area contributed by atoms with Gasteiger partial charge in [-0.15, -0.1) is 5.10 Å². The second-order valence-electron chi connectivity index (χ2n) is 2.56. The normalized spacial score (nSPS) is 10.2. The van der Waals surface area contributed by atoms with Crippen LogP contribution in [0.5, 0.6) is 0 Å². The summed E-state index contributed by atoms with van der Waals surface area (Å²) in [5.41, 5.74) is 1.55. The monoisotopic (exact) mass is 176 g/mol. The second kappa shape index (κ2) is 3.32. The minimum atomic E-state index is -0.0183. The number of hydrogen-bond donors (Lipinski definition) is 1. The summed E-state index contributed by atoms with van der Waals surface area (Å²) in [6.45, 7) is -0.0183. The highest BCUT2D eigenvalue weighted by Crippen LogP contribution is 2.06. The third-order valence-electron chi connectivity index (χ3n) is 1.65. The fourth-order valence-corrected chi connectivity index (χ4v) is 1.03. The molecule has 66 valence electrons. The number of rotatable bonds is 2. The SMILES string of the molecule is OCc1cncc(-n2ccnn2)c1. The second-order valence-corrected chi connectivity index (χ2v) is 2.56. The summed E-state index contributed by atoms with van der Waals surface area (Å²) in [7, 11) is 0. The van der Waals surface area contributed by atoms with Crippen molar-refractivity contribution in [3.8, 4) is 5.69 Å². The number of pyridine rings is 1. The number of aromatic nitrogens is 4. The van der Waals surface area contributed by atoms with Gasteiger partial charge in [-0.2, -0.15) is 0 Å². The summed E-state index contributed by atoms with van der Waals surface area (Å²) >= 11 is 0. The Kier molecular flexibility index (Phi) is 2.01. The molecule has 2 rings (SSSR count). The maximum atomic E-state index is 8.87. The van der Waals surface area contributed by atoms with Crippen LogP contribution in [0.15, 0.2) is 30.9 Å². The fraction of sp³-hybridized carbons (Fsp3) is 0.125. The zero-order chi connectivity index (χ0) is 9.10. The summed E-state index contributed by atoms with van der Waals surface area (Å²) < 4.78 is 1.59. The molecule has 0 spiro atoms. The fourth-order valence-electron chi connectivity index (χ4n) is 1.03. The van der Waals surface area contributed by atoms with E-state index in [1.165, 1.54) is 0 Å². The molecular formula is C8H8N4O. The number of hydrogen-bond acceptors (Lipinski definition) is 4. The third kappa shape index (κ3) is 1.54. The van der Waals surface area contributed by atoms with Crippen LogP contribution < -0.4 is 0 Å². The highest BCUT2D eigenvalue weighted by Gasteiger charge is 1.98. The quantitative estimate of drug-likeness (QED) is 0.707. The highest BCUT2D eigenvalue weighted by molar-refractivity contribution is 5.30. The molecule has 0 aromatic carbocycles. The van der Waals surface area contributed by atoms with Gasteiger partial charge in [0.15, 0.2) is 0 Å². The molecule has 1 N–H and O–H groups in total. The lowest BCUT2D eigenvalue weighted by Crippen LogP contribution is -1.97. The standard InChI is InChI=1S/C8H8N4O/c13-6-7-3-8(5-9-4-7)12-2-1-10-11-12/h1-5,13H,6H2. The molecule has 0 unspecified atom stereocenters. The van der Waals surface area contributed by atoms with Crippen LogP contribution in [-0.4, -0.2) is 25.1 Å². The van der Waals surface area contributed by atoms with Crippen LogP contribution in [0.25, 0.3) is 5.69 Å². The molecule has 0 atom stereocenters. The molecule has 5 nitrogen and oxygen atoms in total. The molecule has 0 saturated carbocycles. The van der Waals surface area contributed by atoms with Crippen molar-refractivity contribution in [2.45, 2.75) is 6.61 Å². The molecule has 0 amide bonds. The van der Waals surface area contributed by atoms with Crippen molar-refractivity contribution in [1.29, 1.82) is 0 Å². The molecule has 0 bridgehead atoms. The summed E-state index contributed by atoms with van der Waals surface area (Å²) in [5, 5.41) is 16.4. The molecule has 0 fully saturated rings. The van der Waals surface area contributed by atoms with E-state index in [0.29, 0.717) is 0 Å². The van der Waals surface area contributed by atoms with Gasteiger partial charge in [-0.25, -0.2) is 4.68 Å². The van der Waals surface area contributed by atoms with E-state index in [9.17, 15) is 0 Å². The lowest BCUT2D eigenvalue weighted by molar-refractivity contribution is 0.281. The van der Waals surface area contributed by atoms with Gasteiger partial charge < -0.3 is 5.11 Å². The molecule has 0 aliphatic carbocycles. The van der Waals surface area contributed by atoms with Gasteiger partial charge in [-0.05, 0) is 11.6 Å². The number of aliphatic hydroxyl groups excluding tert-OH is 1. The Bertz CT molecular complexity index is 385. The first-order valence-electron chi connectivity index (χ1n) is 3.81. The first-order valence-corrected chi connectivity index (χ1v) is 3.81. The Morgan fingerprint density at radius 2 is 2.31 bits per heavy atom. The summed E-state index contributed by atoms with van der Waals surface area (Å²) in [6, 6.07) is 1.81. The maximum absolute atomic E-state index is 8.87. The Hall–Kier alpha value is -1.75. The van der Waals surface area contributed by atoms with Gasteiger partial charge in [0.25, 0.3) is 0 Å². The van der Waals surface area contributed by atoms with Gasteiger partial charge in [0.1, 0.15) is 0 Å². The molecule has 0 saturated heterocycles. The Balaban J connectivity index is 2.41. The van der Waals surface area contributed by atoms with Gasteiger partial charge in [-0.3, -0.25) is 4.98 Å². The van der Waals surface area contributed by atoms with Gasteiger partial charge in [0, 0.05) is 6.20 Å². The van der Waals surface area contributed by atoms with Gasteiger partial charge >= 0.3 is 0 Å². The number of aliphatic hydroxyl groups is 1. The van der Waals surface area contributed by atoms with Crippen molar-refractivity contribution < 1.29 is 5.11 Å². The van der Waals surface area contributed by atoms with Crippen LogP contribution >= 0.6 is 0 Å². The van der Waals surface area contributed by atoms with Crippen LogP contribution in [0.3, 0.4) is 0 Å². The van der Waals surface area contributed by atoms with Gasteiger partial charge in [-0.1, -0.05) is 5.21 Å². The van der Waals surface area contributed by atoms with Crippen molar-refractivity contribution in [3.63, 3.8) is 0 Å². The molecule has 0 aliphatic heterocycles. The van der Waals surface area contributed by atoms with E-state index in [4.69, 9.17) is 5.11 Å². The van der Waals surface area contributed by atoms with Crippen LogP contribution in [0, 0.1) is 0 Å². The molecule has 2 aromatic heterocycles. The third-order valence-corrected chi connectivity index (χ3v) is 1.65. The first-order chi connectivity index (χ1) is 6.40. The van der Waals surface area contributed by atoms with Crippen LogP contribution in [0.1, 0.15) is 5.56 Å². The van der Waals surface area contributed by atoms with Crippen molar-refractivity contribution in [1.82, 2.24) is 20.0 Å². The maximum Gasteiger partial charge on any atom is 0.0850 e. The summed E-state index contributed by atoms with van der Waals surface area (Å²) in [4.78, 5) is 3.96. The van der Waals surface area contributed by atoms with Crippen molar-refractivity contribution in [2.75, 3.05) is 0 Å². The smallest absolute Gasteiger partial charge is 0.0850 e. The Morgan fingerprint density at radius 1 is 1.38 bits per heavy atom. The lowest BCUT2D eigenvalue weighted by atomic mass is 10.3. The predicted octanol–water partition coefficient (Wildman–Crippen LogP) is 0.155. The lowest BCUT2D eigenvalue weighted by Gasteiger charge is -2.00. The summed E-state index contributed by atoms with van der Waals surface area (Å²) in [6.07, 6.45) is 6.58. The van der Waals surface area contributed by atoms with E-state index in [1.54, 1.807) is 29.5 Å². The minimum absolute atomic E-state index is 0.0183. The summed E-state index contributed by atoms with van der Waals surface area (Å²) in [5.74, 6) is 0. The van der Waals surface area contributed by atoms with E-state index in [0.717, 1.165) is 11.3 Å². The molecule has 5 heteroatoms. The zero-order valence-corrected chi connectivity index (χ0v) is 6.83. The van der Waals surface area contributed by atoms with Gasteiger partial charge in [0.2, 0.25) is 0 Å². The predicted molar refractivity (Wildman–Crippen MR) is 45.1 cm³/mol. The highest BCUT2D eigenvalue weighted by atomic mass is 16.3. The average Bonchev–Trinajstić information content (AvgIpc) is 2.71. The van der Waals surface area contributed by atoms with Crippen LogP contribution in [0.4, 0.5) is 0 Å². The van der Waals surface area contributed by atoms with Crippen molar-refractivity contribution in [2.24, 2.45) is 0 Å². The van der Waals surface area contributed by atoms with Crippen molar-refractivity contribution >= 4 is 0 Å². The zero-order valence-electron chi connectivity index (χ0n) is 6.83. The molecular weight excluding hydrogens is 168 g/mol.